The molecule has 4 rings (SSSR count). The molecule has 0 fully saturated rings. The molecule has 4 aromatic rings. The molecule has 0 N–H and O–H groups in total. The molecule has 3 aromatic carbocycles. The van der Waals surface area contributed by atoms with E-state index in [1.54, 1.807) is 0 Å². The first-order chi connectivity index (χ1) is 11.4. The van der Waals surface area contributed by atoms with Crippen LogP contribution in [-0.4, -0.2) is 4.57 Å². The first kappa shape index (κ1) is 14.1. The normalized spacial score (nSPS) is 11.3. The van der Waals surface area contributed by atoms with E-state index in [9.17, 15) is 0 Å². The number of nitrogens with zero attached hydrogens (tertiary/aromatic N) is 1. The van der Waals surface area contributed by atoms with E-state index in [1.807, 2.05) is 0 Å². The maximum Gasteiger partial charge on any atom is 0.0541 e. The number of rotatable bonds is 4. The van der Waals surface area contributed by atoms with Gasteiger partial charge in [-0.1, -0.05) is 61.9 Å². The lowest BCUT2D eigenvalue weighted by Crippen LogP contribution is -1.94. The highest BCUT2D eigenvalue weighted by Gasteiger charge is 2.10. The topological polar surface area (TPSA) is 4.93 Å². The lowest BCUT2D eigenvalue weighted by Gasteiger charge is -2.09. The van der Waals surface area contributed by atoms with Crippen molar-refractivity contribution in [2.24, 2.45) is 0 Å². The molecule has 1 aromatic heterocycles. The highest BCUT2D eigenvalue weighted by Crippen LogP contribution is 2.31. The van der Waals surface area contributed by atoms with Gasteiger partial charge in [-0.25, -0.2) is 0 Å². The van der Waals surface area contributed by atoms with Crippen LogP contribution in [0.3, 0.4) is 0 Å². The fraction of sp³-hybridized carbons (Fsp3) is 0.182. The smallest absolute Gasteiger partial charge is 0.0541 e. The summed E-state index contributed by atoms with van der Waals surface area (Å²) >= 11 is 0. The third-order valence-electron chi connectivity index (χ3n) is 4.59. The van der Waals surface area contributed by atoms with Crippen molar-refractivity contribution in [1.82, 2.24) is 4.57 Å². The lowest BCUT2D eigenvalue weighted by atomic mass is 10.1. The molecule has 0 saturated heterocycles. The summed E-state index contributed by atoms with van der Waals surface area (Å²) < 4.78 is 2.37. The first-order valence-electron chi connectivity index (χ1n) is 8.46. The van der Waals surface area contributed by atoms with Crippen molar-refractivity contribution in [3.63, 3.8) is 0 Å². The van der Waals surface area contributed by atoms with Crippen LogP contribution < -0.4 is 0 Å². The van der Waals surface area contributed by atoms with Gasteiger partial charge in [0.05, 0.1) is 11.0 Å². The van der Waals surface area contributed by atoms with Crippen LogP contribution in [0, 0.1) is 0 Å². The summed E-state index contributed by atoms with van der Waals surface area (Å²) in [6.45, 7) is 2.24. The van der Waals surface area contributed by atoms with Crippen molar-refractivity contribution in [2.45, 2.75) is 26.2 Å². The molecule has 114 valence electrons. The van der Waals surface area contributed by atoms with Crippen LogP contribution in [0.25, 0.3) is 27.5 Å². The second-order valence-electron chi connectivity index (χ2n) is 6.14. The average Bonchev–Trinajstić information content (AvgIpc) is 2.95. The van der Waals surface area contributed by atoms with Gasteiger partial charge in [0.1, 0.15) is 0 Å². The number of unbranched alkanes of at least 4 members (excludes halogenated alkanes) is 1. The SMILES string of the molecule is CCCCc1ccc(-n2c3ccccc3c3ccccc32)cc1. The second kappa shape index (κ2) is 5.92. The molecule has 0 aliphatic rings. The van der Waals surface area contributed by atoms with Gasteiger partial charge >= 0.3 is 0 Å². The summed E-state index contributed by atoms with van der Waals surface area (Å²) in [6.07, 6.45) is 3.67. The number of hydrogen-bond acceptors (Lipinski definition) is 0. The summed E-state index contributed by atoms with van der Waals surface area (Å²) in [7, 11) is 0. The van der Waals surface area contributed by atoms with Gasteiger partial charge in [0.25, 0.3) is 0 Å². The number of benzene rings is 3. The van der Waals surface area contributed by atoms with E-state index in [2.05, 4.69) is 84.3 Å². The van der Waals surface area contributed by atoms with Crippen molar-refractivity contribution >= 4 is 21.8 Å². The van der Waals surface area contributed by atoms with E-state index in [0.29, 0.717) is 0 Å². The van der Waals surface area contributed by atoms with Gasteiger partial charge in [0.2, 0.25) is 0 Å². The van der Waals surface area contributed by atoms with Crippen molar-refractivity contribution in [1.29, 1.82) is 0 Å². The van der Waals surface area contributed by atoms with E-state index in [4.69, 9.17) is 0 Å². The van der Waals surface area contributed by atoms with Crippen molar-refractivity contribution in [3.8, 4) is 5.69 Å². The minimum atomic E-state index is 1.17. The van der Waals surface area contributed by atoms with Gasteiger partial charge in [-0.2, -0.15) is 0 Å². The molecular formula is C22H21N. The molecule has 0 aliphatic carbocycles. The molecule has 0 amide bonds. The highest BCUT2D eigenvalue weighted by molar-refractivity contribution is 6.09. The fourth-order valence-corrected chi connectivity index (χ4v) is 3.39. The van der Waals surface area contributed by atoms with E-state index >= 15 is 0 Å². The molecule has 0 bridgehead atoms. The van der Waals surface area contributed by atoms with Crippen LogP contribution in [0.5, 0.6) is 0 Å². The molecule has 1 nitrogen and oxygen atoms in total. The maximum absolute atomic E-state index is 2.37. The van der Waals surface area contributed by atoms with Crippen molar-refractivity contribution in [3.05, 3.63) is 78.4 Å². The summed E-state index contributed by atoms with van der Waals surface area (Å²) in [4.78, 5) is 0. The third kappa shape index (κ3) is 2.43. The zero-order valence-corrected chi connectivity index (χ0v) is 13.5. The van der Waals surface area contributed by atoms with Crippen LogP contribution in [0.2, 0.25) is 0 Å². The van der Waals surface area contributed by atoms with E-state index in [0.717, 1.165) is 0 Å². The quantitative estimate of drug-likeness (QED) is 0.427. The Kier molecular flexibility index (Phi) is 3.63. The monoisotopic (exact) mass is 299 g/mol. The minimum absolute atomic E-state index is 1.17. The molecule has 0 spiro atoms. The summed E-state index contributed by atoms with van der Waals surface area (Å²) in [6, 6.07) is 26.4. The van der Waals surface area contributed by atoms with Crippen LogP contribution in [0.4, 0.5) is 0 Å². The van der Waals surface area contributed by atoms with Crippen LogP contribution in [0.1, 0.15) is 25.3 Å². The Labute approximate surface area is 137 Å². The molecule has 1 heteroatoms. The Morgan fingerprint density at radius 3 is 1.83 bits per heavy atom. The summed E-state index contributed by atoms with van der Waals surface area (Å²) in [5.74, 6) is 0. The zero-order valence-electron chi connectivity index (χ0n) is 13.5. The Bertz CT molecular complexity index is 891. The van der Waals surface area contributed by atoms with Gasteiger partial charge in [-0.05, 0) is 42.7 Å². The summed E-state index contributed by atoms with van der Waals surface area (Å²) in [5, 5.41) is 2.64. The van der Waals surface area contributed by atoms with Crippen molar-refractivity contribution < 1.29 is 0 Å². The van der Waals surface area contributed by atoms with Gasteiger partial charge in [-0.15, -0.1) is 0 Å². The average molecular weight is 299 g/mol. The van der Waals surface area contributed by atoms with E-state index < -0.39 is 0 Å². The minimum Gasteiger partial charge on any atom is -0.309 e. The van der Waals surface area contributed by atoms with Gasteiger partial charge < -0.3 is 4.57 Å². The Morgan fingerprint density at radius 1 is 0.696 bits per heavy atom. The maximum atomic E-state index is 2.37. The van der Waals surface area contributed by atoms with Crippen LogP contribution >= 0.6 is 0 Å². The largest absolute Gasteiger partial charge is 0.309 e. The Morgan fingerprint density at radius 2 is 1.26 bits per heavy atom. The van der Waals surface area contributed by atoms with Gasteiger partial charge in [0, 0.05) is 16.5 Å². The van der Waals surface area contributed by atoms with Gasteiger partial charge in [-0.3, -0.25) is 0 Å². The Balaban J connectivity index is 1.90. The van der Waals surface area contributed by atoms with E-state index in [1.165, 1.54) is 52.3 Å². The second-order valence-corrected chi connectivity index (χ2v) is 6.14. The molecule has 0 atom stereocenters. The third-order valence-corrected chi connectivity index (χ3v) is 4.59. The number of hydrogen-bond donors (Lipinski definition) is 0. The predicted molar refractivity (Wildman–Crippen MR) is 99.4 cm³/mol. The number of fused-ring (bicyclic) bond motifs is 3. The molecule has 1 heterocycles. The fourth-order valence-electron chi connectivity index (χ4n) is 3.39. The van der Waals surface area contributed by atoms with Gasteiger partial charge in [0.15, 0.2) is 0 Å². The molecular weight excluding hydrogens is 278 g/mol. The lowest BCUT2D eigenvalue weighted by molar-refractivity contribution is 0.795. The summed E-state index contributed by atoms with van der Waals surface area (Å²) in [5.41, 5.74) is 5.21. The zero-order chi connectivity index (χ0) is 15.6. The molecule has 0 radical (unpaired) electrons. The molecule has 0 unspecified atom stereocenters. The number of aryl methyl sites for hydroxylation is 1. The van der Waals surface area contributed by atoms with Crippen LogP contribution in [-0.2, 0) is 6.42 Å². The van der Waals surface area contributed by atoms with E-state index in [-0.39, 0.29) is 0 Å². The Hall–Kier alpha value is -2.54. The number of para-hydroxylation sites is 2. The standard InChI is InChI=1S/C22H21N/c1-2-3-8-17-13-15-18(16-14-17)23-21-11-6-4-9-19(21)20-10-5-7-12-22(20)23/h4-7,9-16H,2-3,8H2,1H3. The molecule has 0 aliphatic heterocycles. The highest BCUT2D eigenvalue weighted by atomic mass is 15.0. The first-order valence-corrected chi connectivity index (χ1v) is 8.46. The molecule has 23 heavy (non-hydrogen) atoms. The number of aromatic nitrogens is 1. The van der Waals surface area contributed by atoms with Crippen LogP contribution in [0.15, 0.2) is 72.8 Å². The van der Waals surface area contributed by atoms with Crippen molar-refractivity contribution in [2.75, 3.05) is 0 Å². The predicted octanol–water partition coefficient (Wildman–Crippen LogP) is 6.13. The molecule has 0 saturated carbocycles.